The summed E-state index contributed by atoms with van der Waals surface area (Å²) in [5.41, 5.74) is 2.91. The summed E-state index contributed by atoms with van der Waals surface area (Å²) < 4.78 is 6.89. The lowest BCUT2D eigenvalue weighted by molar-refractivity contribution is -0.114. The Balaban J connectivity index is 1.63. The molecule has 2 heterocycles. The number of hydrogen-bond donors (Lipinski definition) is 0. The van der Waals surface area contributed by atoms with Gasteiger partial charge in [0.2, 0.25) is 0 Å². The van der Waals surface area contributed by atoms with Gasteiger partial charge in [0.25, 0.3) is 5.91 Å². The van der Waals surface area contributed by atoms with Crippen LogP contribution in [0.4, 0.5) is 5.69 Å². The second-order valence-electron chi connectivity index (χ2n) is 5.91. The minimum Gasteiger partial charge on any atom is -0.457 e. The number of hydrazone groups is 1. The number of carbonyl (C=O) groups excluding carboxylic acids is 1. The zero-order valence-corrected chi connectivity index (χ0v) is 15.6. The minimum atomic E-state index is -0.158. The smallest absolute Gasteiger partial charge is 0.280 e. The van der Waals surface area contributed by atoms with Gasteiger partial charge in [-0.3, -0.25) is 4.79 Å². The molecule has 4 nitrogen and oxygen atoms in total. The van der Waals surface area contributed by atoms with Crippen LogP contribution in [0.3, 0.4) is 0 Å². The van der Waals surface area contributed by atoms with Crippen molar-refractivity contribution in [1.82, 2.24) is 0 Å². The SMILES string of the molecule is CC1=NN(c2ccccc2)C(=O)/C1=C/c1ccc(-c2cccc(Br)c2)o1. The predicted octanol–water partition coefficient (Wildman–Crippen LogP) is 5.52. The third-order valence-electron chi connectivity index (χ3n) is 4.09. The molecule has 0 radical (unpaired) electrons. The van der Waals surface area contributed by atoms with Crippen molar-refractivity contribution >= 4 is 39.3 Å². The summed E-state index contributed by atoms with van der Waals surface area (Å²) in [4.78, 5) is 12.7. The van der Waals surface area contributed by atoms with Gasteiger partial charge in [-0.2, -0.15) is 10.1 Å². The van der Waals surface area contributed by atoms with Gasteiger partial charge in [-0.05, 0) is 49.4 Å². The quantitative estimate of drug-likeness (QED) is 0.537. The van der Waals surface area contributed by atoms with E-state index in [1.165, 1.54) is 5.01 Å². The third kappa shape index (κ3) is 3.13. The van der Waals surface area contributed by atoms with Crippen molar-refractivity contribution in [2.45, 2.75) is 6.92 Å². The van der Waals surface area contributed by atoms with E-state index in [2.05, 4.69) is 21.0 Å². The number of anilines is 1. The Morgan fingerprint density at radius 1 is 1.04 bits per heavy atom. The highest BCUT2D eigenvalue weighted by Gasteiger charge is 2.28. The lowest BCUT2D eigenvalue weighted by Crippen LogP contribution is -2.21. The Morgan fingerprint density at radius 2 is 1.85 bits per heavy atom. The Morgan fingerprint density at radius 3 is 2.62 bits per heavy atom. The van der Waals surface area contributed by atoms with Crippen LogP contribution in [-0.2, 0) is 4.79 Å². The summed E-state index contributed by atoms with van der Waals surface area (Å²) in [5.74, 6) is 1.21. The molecule has 1 amide bonds. The Labute approximate surface area is 159 Å². The first kappa shape index (κ1) is 16.5. The first-order chi connectivity index (χ1) is 12.6. The van der Waals surface area contributed by atoms with Gasteiger partial charge in [0.1, 0.15) is 11.5 Å². The maximum Gasteiger partial charge on any atom is 0.280 e. The average Bonchev–Trinajstić information content (AvgIpc) is 3.23. The van der Waals surface area contributed by atoms with E-state index in [9.17, 15) is 4.79 Å². The van der Waals surface area contributed by atoms with Gasteiger partial charge < -0.3 is 4.42 Å². The molecule has 26 heavy (non-hydrogen) atoms. The first-order valence-corrected chi connectivity index (χ1v) is 8.94. The van der Waals surface area contributed by atoms with Crippen molar-refractivity contribution in [2.24, 2.45) is 5.10 Å². The zero-order valence-electron chi connectivity index (χ0n) is 14.0. The molecule has 0 saturated carbocycles. The van der Waals surface area contributed by atoms with Crippen molar-refractivity contribution < 1.29 is 9.21 Å². The minimum absolute atomic E-state index is 0.158. The molecule has 0 spiro atoms. The first-order valence-electron chi connectivity index (χ1n) is 8.14. The molecule has 0 bridgehead atoms. The average molecular weight is 407 g/mol. The van der Waals surface area contributed by atoms with E-state index < -0.39 is 0 Å². The number of halogens is 1. The van der Waals surface area contributed by atoms with Crippen LogP contribution < -0.4 is 5.01 Å². The number of carbonyl (C=O) groups is 1. The van der Waals surface area contributed by atoms with Crippen LogP contribution in [0.1, 0.15) is 12.7 Å². The van der Waals surface area contributed by atoms with Crippen LogP contribution in [-0.4, -0.2) is 11.6 Å². The third-order valence-corrected chi connectivity index (χ3v) is 4.58. The normalized spacial score (nSPS) is 15.6. The van der Waals surface area contributed by atoms with Gasteiger partial charge in [0, 0.05) is 10.0 Å². The molecule has 0 saturated heterocycles. The lowest BCUT2D eigenvalue weighted by Gasteiger charge is -2.10. The van der Waals surface area contributed by atoms with Crippen LogP contribution in [0, 0.1) is 0 Å². The van der Waals surface area contributed by atoms with E-state index in [1.807, 2.05) is 73.7 Å². The van der Waals surface area contributed by atoms with Crippen LogP contribution in [0.25, 0.3) is 17.4 Å². The van der Waals surface area contributed by atoms with Gasteiger partial charge in [-0.25, -0.2) is 0 Å². The number of benzene rings is 2. The number of para-hydroxylation sites is 1. The Kier molecular flexibility index (Phi) is 4.31. The molecule has 3 aromatic rings. The molecule has 0 fully saturated rings. The standard InChI is InChI=1S/C21H15BrN2O2/c1-14-19(21(25)24(23-14)17-8-3-2-4-9-17)13-18-10-11-20(26-18)15-6-5-7-16(22)12-15/h2-13H,1H3/b19-13+. The van der Waals surface area contributed by atoms with Gasteiger partial charge in [0.15, 0.2) is 0 Å². The topological polar surface area (TPSA) is 45.8 Å². The molecule has 0 N–H and O–H groups in total. The maximum absolute atomic E-state index is 12.7. The fourth-order valence-corrected chi connectivity index (χ4v) is 3.20. The summed E-state index contributed by atoms with van der Waals surface area (Å²) in [7, 11) is 0. The van der Waals surface area contributed by atoms with Crippen molar-refractivity contribution in [3.05, 3.63) is 82.5 Å². The monoisotopic (exact) mass is 406 g/mol. The van der Waals surface area contributed by atoms with Gasteiger partial charge in [-0.1, -0.05) is 46.3 Å². The van der Waals surface area contributed by atoms with Crippen molar-refractivity contribution in [3.63, 3.8) is 0 Å². The Bertz CT molecular complexity index is 1030. The molecular weight excluding hydrogens is 392 g/mol. The van der Waals surface area contributed by atoms with Gasteiger partial charge >= 0.3 is 0 Å². The largest absolute Gasteiger partial charge is 0.457 e. The highest BCUT2D eigenvalue weighted by Crippen LogP contribution is 2.28. The van der Waals surface area contributed by atoms with E-state index in [4.69, 9.17) is 4.42 Å². The summed E-state index contributed by atoms with van der Waals surface area (Å²) in [6.07, 6.45) is 1.74. The number of rotatable bonds is 3. The molecule has 1 aliphatic rings. The van der Waals surface area contributed by atoms with E-state index in [-0.39, 0.29) is 5.91 Å². The van der Waals surface area contributed by atoms with E-state index in [1.54, 1.807) is 6.08 Å². The molecular formula is C21H15BrN2O2. The van der Waals surface area contributed by atoms with Gasteiger partial charge in [0.05, 0.1) is 17.0 Å². The number of nitrogens with zero attached hydrogens (tertiary/aromatic N) is 2. The second kappa shape index (κ2) is 6.77. The number of hydrogen-bond acceptors (Lipinski definition) is 3. The molecule has 2 aromatic carbocycles. The van der Waals surface area contributed by atoms with Crippen LogP contribution in [0.2, 0.25) is 0 Å². The molecule has 4 rings (SSSR count). The van der Waals surface area contributed by atoms with Crippen LogP contribution in [0.15, 0.2) is 86.3 Å². The summed E-state index contributed by atoms with van der Waals surface area (Å²) in [5, 5.41) is 5.79. The summed E-state index contributed by atoms with van der Waals surface area (Å²) >= 11 is 3.46. The molecule has 0 aliphatic carbocycles. The Hall–Kier alpha value is -2.92. The summed E-state index contributed by atoms with van der Waals surface area (Å²) in [6.45, 7) is 1.82. The molecule has 1 aliphatic heterocycles. The zero-order chi connectivity index (χ0) is 18.1. The molecule has 1 aromatic heterocycles. The maximum atomic E-state index is 12.7. The lowest BCUT2D eigenvalue weighted by atomic mass is 10.1. The number of amides is 1. The molecule has 0 atom stereocenters. The predicted molar refractivity (Wildman–Crippen MR) is 107 cm³/mol. The van der Waals surface area contributed by atoms with Crippen molar-refractivity contribution in [3.8, 4) is 11.3 Å². The van der Waals surface area contributed by atoms with Crippen molar-refractivity contribution in [2.75, 3.05) is 5.01 Å². The van der Waals surface area contributed by atoms with E-state index in [0.717, 1.165) is 21.5 Å². The molecule has 5 heteroatoms. The number of furan rings is 1. The van der Waals surface area contributed by atoms with Crippen LogP contribution in [0.5, 0.6) is 0 Å². The fraction of sp³-hybridized carbons (Fsp3) is 0.0476. The highest BCUT2D eigenvalue weighted by molar-refractivity contribution is 9.10. The van der Waals surface area contributed by atoms with Crippen molar-refractivity contribution in [1.29, 1.82) is 0 Å². The second-order valence-corrected chi connectivity index (χ2v) is 6.82. The molecule has 128 valence electrons. The summed E-state index contributed by atoms with van der Waals surface area (Å²) in [6, 6.07) is 21.0. The van der Waals surface area contributed by atoms with Gasteiger partial charge in [-0.15, -0.1) is 0 Å². The fourth-order valence-electron chi connectivity index (χ4n) is 2.80. The van der Waals surface area contributed by atoms with E-state index in [0.29, 0.717) is 17.0 Å². The highest BCUT2D eigenvalue weighted by atomic mass is 79.9. The van der Waals surface area contributed by atoms with Crippen LogP contribution >= 0.6 is 15.9 Å². The molecule has 0 unspecified atom stereocenters. The van der Waals surface area contributed by atoms with E-state index >= 15 is 0 Å².